The van der Waals surface area contributed by atoms with E-state index in [-0.39, 0.29) is 31.1 Å². The molecular weight excluding hydrogens is 925 g/mol. The van der Waals surface area contributed by atoms with Crippen LogP contribution in [0, 0.1) is 0 Å². The molecule has 0 rings (SSSR count). The second-order valence-corrected chi connectivity index (χ2v) is 20.6. The van der Waals surface area contributed by atoms with Gasteiger partial charge in [0.1, 0.15) is 13.2 Å². The van der Waals surface area contributed by atoms with E-state index in [0.717, 1.165) is 135 Å². The molecule has 1 unspecified atom stereocenters. The van der Waals surface area contributed by atoms with Crippen LogP contribution in [-0.4, -0.2) is 37.2 Å². The van der Waals surface area contributed by atoms with E-state index in [9.17, 15) is 14.4 Å². The maximum absolute atomic E-state index is 12.8. The monoisotopic (exact) mass is 1040 g/mol. The fourth-order valence-electron chi connectivity index (χ4n) is 8.64. The highest BCUT2D eigenvalue weighted by atomic mass is 16.6. The maximum atomic E-state index is 12.8. The third-order valence-corrected chi connectivity index (χ3v) is 13.3. The molecule has 0 aromatic heterocycles. The lowest BCUT2D eigenvalue weighted by Crippen LogP contribution is -2.30. The van der Waals surface area contributed by atoms with Gasteiger partial charge >= 0.3 is 17.9 Å². The van der Waals surface area contributed by atoms with Gasteiger partial charge < -0.3 is 14.2 Å². The summed E-state index contributed by atoms with van der Waals surface area (Å²) < 4.78 is 16.8. The van der Waals surface area contributed by atoms with Gasteiger partial charge in [0.15, 0.2) is 6.10 Å². The third kappa shape index (κ3) is 60.8. The first kappa shape index (κ1) is 71.1. The van der Waals surface area contributed by atoms with Crippen molar-refractivity contribution in [1.82, 2.24) is 0 Å². The van der Waals surface area contributed by atoms with Crippen molar-refractivity contribution in [1.29, 1.82) is 0 Å². The number of allylic oxidation sites excluding steroid dienone is 18. The third-order valence-electron chi connectivity index (χ3n) is 13.3. The van der Waals surface area contributed by atoms with E-state index in [4.69, 9.17) is 14.2 Å². The minimum Gasteiger partial charge on any atom is -0.462 e. The van der Waals surface area contributed by atoms with E-state index in [2.05, 4.69) is 130 Å². The first-order valence-corrected chi connectivity index (χ1v) is 31.4. The normalized spacial score (nSPS) is 12.8. The summed E-state index contributed by atoms with van der Waals surface area (Å²) in [7, 11) is 0. The topological polar surface area (TPSA) is 78.9 Å². The standard InChI is InChI=1S/C69H116O6/c1-4-7-10-13-16-18-20-22-24-26-28-30-31-32-33-34-35-36-37-39-40-42-44-46-48-50-53-56-59-62-68(71)74-65-66(64-73-67(70)61-58-55-52-15-12-9-6-3)75-69(72)63-60-57-54-51-49-47-45-43-41-38-29-27-25-23-21-19-17-14-11-8-5-2/h7-8,10-11,16-19,22-25,28-30,38,43,45,66H,4-6,9,12-15,20-21,26-27,31-37,39-42,44,46-65H2,1-3H3/b10-7-,11-8-,18-16-,19-17-,24-22-,25-23-,30-28-,38-29-,45-43-. The summed E-state index contributed by atoms with van der Waals surface area (Å²) >= 11 is 0. The van der Waals surface area contributed by atoms with E-state index >= 15 is 0 Å². The van der Waals surface area contributed by atoms with Crippen LogP contribution in [0.5, 0.6) is 0 Å². The lowest BCUT2D eigenvalue weighted by atomic mass is 10.0. The molecule has 6 nitrogen and oxygen atoms in total. The molecular formula is C69H116O6. The van der Waals surface area contributed by atoms with Crippen molar-refractivity contribution >= 4 is 17.9 Å². The Bertz CT molecular complexity index is 1520. The number of ether oxygens (including phenoxy) is 3. The van der Waals surface area contributed by atoms with Crippen molar-refractivity contribution in [2.75, 3.05) is 13.2 Å². The predicted molar refractivity (Wildman–Crippen MR) is 325 cm³/mol. The minimum absolute atomic E-state index is 0.0845. The summed E-state index contributed by atoms with van der Waals surface area (Å²) in [6.07, 6.45) is 85.5. The van der Waals surface area contributed by atoms with Gasteiger partial charge in [0.05, 0.1) is 0 Å². The van der Waals surface area contributed by atoms with Crippen LogP contribution in [0.3, 0.4) is 0 Å². The maximum Gasteiger partial charge on any atom is 0.306 e. The molecule has 0 aromatic rings. The van der Waals surface area contributed by atoms with Crippen LogP contribution in [0.25, 0.3) is 0 Å². The van der Waals surface area contributed by atoms with Gasteiger partial charge in [-0.2, -0.15) is 0 Å². The minimum atomic E-state index is -0.786. The highest BCUT2D eigenvalue weighted by molar-refractivity contribution is 5.71. The summed E-state index contributed by atoms with van der Waals surface area (Å²) in [5, 5.41) is 0. The van der Waals surface area contributed by atoms with Crippen molar-refractivity contribution in [3.05, 3.63) is 109 Å². The Morgan fingerprint density at radius 1 is 0.280 bits per heavy atom. The fourth-order valence-corrected chi connectivity index (χ4v) is 8.64. The van der Waals surface area contributed by atoms with Gasteiger partial charge in [-0.25, -0.2) is 0 Å². The van der Waals surface area contributed by atoms with Gasteiger partial charge in [0, 0.05) is 19.3 Å². The highest BCUT2D eigenvalue weighted by Crippen LogP contribution is 2.16. The van der Waals surface area contributed by atoms with E-state index in [0.29, 0.717) is 19.3 Å². The molecule has 0 spiro atoms. The zero-order chi connectivity index (χ0) is 54.3. The molecule has 0 bridgehead atoms. The number of rotatable bonds is 56. The summed E-state index contributed by atoms with van der Waals surface area (Å²) in [6, 6.07) is 0. The Morgan fingerprint density at radius 2 is 0.520 bits per heavy atom. The van der Waals surface area contributed by atoms with Crippen molar-refractivity contribution in [2.45, 2.75) is 297 Å². The van der Waals surface area contributed by atoms with Gasteiger partial charge in [-0.15, -0.1) is 0 Å². The summed E-state index contributed by atoms with van der Waals surface area (Å²) in [5.41, 5.74) is 0. The molecule has 0 fully saturated rings. The van der Waals surface area contributed by atoms with Crippen LogP contribution in [0.4, 0.5) is 0 Å². The van der Waals surface area contributed by atoms with Gasteiger partial charge in [-0.05, 0) is 103 Å². The lowest BCUT2D eigenvalue weighted by Gasteiger charge is -2.18. The summed E-state index contributed by atoms with van der Waals surface area (Å²) in [6.45, 7) is 6.37. The zero-order valence-electron chi connectivity index (χ0n) is 49.0. The summed E-state index contributed by atoms with van der Waals surface area (Å²) in [5.74, 6) is -0.904. The summed E-state index contributed by atoms with van der Waals surface area (Å²) in [4.78, 5) is 38.1. The molecule has 0 amide bonds. The molecule has 1 atom stereocenters. The number of hydrogen-bond acceptors (Lipinski definition) is 6. The molecule has 0 radical (unpaired) electrons. The van der Waals surface area contributed by atoms with Crippen LogP contribution >= 0.6 is 0 Å². The van der Waals surface area contributed by atoms with Gasteiger partial charge in [0.2, 0.25) is 0 Å². The molecule has 0 heterocycles. The quantitative estimate of drug-likeness (QED) is 0.0261. The second kappa shape index (κ2) is 62.6. The Kier molecular flexibility index (Phi) is 59.3. The van der Waals surface area contributed by atoms with Gasteiger partial charge in [-0.3, -0.25) is 14.4 Å². The molecule has 0 aliphatic heterocycles. The molecule has 0 saturated carbocycles. The SMILES string of the molecule is CC/C=C\C/C=C\C/C=C\C/C=C\C/C=C\CCCCCCCC(=O)OC(COC(=O)CCCCCCCCC)COC(=O)CCCCCCCCCCCCCCCCCC/C=C\C/C=C\C/C=C\C/C=C\CC. The first-order chi connectivity index (χ1) is 37.0. The molecule has 6 heteroatoms. The van der Waals surface area contributed by atoms with Crippen molar-refractivity contribution in [3.63, 3.8) is 0 Å². The average Bonchev–Trinajstić information content (AvgIpc) is 3.41. The second-order valence-electron chi connectivity index (χ2n) is 20.6. The van der Waals surface area contributed by atoms with Crippen LogP contribution < -0.4 is 0 Å². The molecule has 0 aliphatic rings. The van der Waals surface area contributed by atoms with Crippen molar-refractivity contribution in [3.8, 4) is 0 Å². The highest BCUT2D eigenvalue weighted by Gasteiger charge is 2.19. The first-order valence-electron chi connectivity index (χ1n) is 31.4. The predicted octanol–water partition coefficient (Wildman–Crippen LogP) is 21.4. The largest absolute Gasteiger partial charge is 0.462 e. The van der Waals surface area contributed by atoms with E-state index in [1.165, 1.54) is 116 Å². The van der Waals surface area contributed by atoms with Crippen LogP contribution in [0.1, 0.15) is 290 Å². The molecule has 0 aromatic carbocycles. The average molecular weight is 1040 g/mol. The Labute approximate surface area is 463 Å². The number of carbonyl (C=O) groups is 3. The Hall–Kier alpha value is -3.93. The van der Waals surface area contributed by atoms with Gasteiger partial charge in [0.25, 0.3) is 0 Å². The molecule has 75 heavy (non-hydrogen) atoms. The zero-order valence-corrected chi connectivity index (χ0v) is 49.0. The van der Waals surface area contributed by atoms with Crippen LogP contribution in [0.2, 0.25) is 0 Å². The van der Waals surface area contributed by atoms with E-state index in [1.807, 2.05) is 0 Å². The van der Waals surface area contributed by atoms with Crippen LogP contribution in [0.15, 0.2) is 109 Å². The number of unbranched alkanes of at least 4 members (excludes halogenated alkanes) is 27. The number of hydrogen-bond donors (Lipinski definition) is 0. The Morgan fingerprint density at radius 3 is 0.813 bits per heavy atom. The smallest absolute Gasteiger partial charge is 0.306 e. The fraction of sp³-hybridized carbons (Fsp3) is 0.696. The lowest BCUT2D eigenvalue weighted by molar-refractivity contribution is -0.167. The van der Waals surface area contributed by atoms with Gasteiger partial charge in [-0.1, -0.05) is 278 Å². The number of esters is 3. The molecule has 0 N–H and O–H groups in total. The number of carbonyl (C=O) groups excluding carboxylic acids is 3. The van der Waals surface area contributed by atoms with Crippen LogP contribution in [-0.2, 0) is 28.6 Å². The van der Waals surface area contributed by atoms with Crippen molar-refractivity contribution in [2.24, 2.45) is 0 Å². The molecule has 0 saturated heterocycles. The van der Waals surface area contributed by atoms with Crippen molar-refractivity contribution < 1.29 is 28.6 Å². The molecule has 428 valence electrons. The van der Waals surface area contributed by atoms with E-state index in [1.54, 1.807) is 0 Å². The molecule has 0 aliphatic carbocycles. The van der Waals surface area contributed by atoms with E-state index < -0.39 is 6.10 Å². The Balaban J connectivity index is 4.14.